The van der Waals surface area contributed by atoms with Crippen molar-refractivity contribution in [1.29, 1.82) is 0 Å². The largest absolute Gasteiger partial charge is 0.293 e. The van der Waals surface area contributed by atoms with E-state index in [-0.39, 0.29) is 12.2 Å². The van der Waals surface area contributed by atoms with Crippen molar-refractivity contribution >= 4 is 40.6 Å². The quantitative estimate of drug-likeness (QED) is 0.542. The normalized spacial score (nSPS) is 12.9. The van der Waals surface area contributed by atoms with Crippen LogP contribution in [0.4, 0.5) is 0 Å². The minimum absolute atomic E-state index is 0.0388. The van der Waals surface area contributed by atoms with Gasteiger partial charge in [0.1, 0.15) is 0 Å². The van der Waals surface area contributed by atoms with Crippen LogP contribution >= 0.6 is 34.8 Å². The molecule has 2 aromatic carbocycles. The van der Waals surface area contributed by atoms with E-state index in [0.717, 1.165) is 5.56 Å². The van der Waals surface area contributed by atoms with Gasteiger partial charge in [0.2, 0.25) is 0 Å². The van der Waals surface area contributed by atoms with Crippen LogP contribution in [0.1, 0.15) is 28.3 Å². The Balaban J connectivity index is 2.35. The topological polar surface area (TPSA) is 17.1 Å². The second kappa shape index (κ2) is 6.62. The molecule has 0 bridgehead atoms. The number of carbonyl (C=O) groups is 1. The van der Waals surface area contributed by atoms with Gasteiger partial charge in [0.05, 0.1) is 5.92 Å². The summed E-state index contributed by atoms with van der Waals surface area (Å²) in [5, 5.41) is 0. The van der Waals surface area contributed by atoms with Crippen LogP contribution in [0.5, 0.6) is 0 Å². The van der Waals surface area contributed by atoms with E-state index in [9.17, 15) is 4.79 Å². The summed E-state index contributed by atoms with van der Waals surface area (Å²) in [4.78, 5) is 12.6. The van der Waals surface area contributed by atoms with Crippen LogP contribution in [0.2, 0.25) is 0 Å². The molecule has 2 rings (SSSR count). The van der Waals surface area contributed by atoms with Gasteiger partial charge in [-0.2, -0.15) is 0 Å². The molecule has 0 aliphatic heterocycles. The zero-order valence-corrected chi connectivity index (χ0v) is 12.9. The second-order valence-electron chi connectivity index (χ2n) is 4.51. The lowest BCUT2D eigenvalue weighted by Crippen LogP contribution is -2.19. The minimum Gasteiger partial charge on any atom is -0.293 e. The molecule has 0 heterocycles. The number of halogens is 3. The van der Waals surface area contributed by atoms with Gasteiger partial charge in [0.25, 0.3) is 0 Å². The first kappa shape index (κ1) is 15.4. The Bertz CT molecular complexity index is 561. The zero-order chi connectivity index (χ0) is 14.6. The molecule has 1 unspecified atom stereocenters. The molecular weight excluding hydrogens is 315 g/mol. The van der Waals surface area contributed by atoms with Crippen molar-refractivity contribution in [2.75, 3.05) is 0 Å². The van der Waals surface area contributed by atoms with Crippen LogP contribution < -0.4 is 0 Å². The van der Waals surface area contributed by atoms with E-state index in [4.69, 9.17) is 34.8 Å². The zero-order valence-electron chi connectivity index (χ0n) is 10.6. The molecule has 0 saturated heterocycles. The summed E-state index contributed by atoms with van der Waals surface area (Å²) in [7, 11) is 0. The molecule has 1 nitrogen and oxygen atoms in total. The van der Waals surface area contributed by atoms with E-state index in [2.05, 4.69) is 0 Å². The first-order valence-electron chi connectivity index (χ1n) is 6.18. The van der Waals surface area contributed by atoms with Gasteiger partial charge in [-0.15, -0.1) is 0 Å². The third-order valence-electron chi connectivity index (χ3n) is 3.01. The van der Waals surface area contributed by atoms with Crippen LogP contribution in [0.25, 0.3) is 0 Å². The molecule has 1 atom stereocenters. The Labute approximate surface area is 133 Å². The van der Waals surface area contributed by atoms with Crippen LogP contribution in [0.15, 0.2) is 60.7 Å². The lowest BCUT2D eigenvalue weighted by atomic mass is 9.88. The molecule has 0 radical (unpaired) electrons. The van der Waals surface area contributed by atoms with Crippen molar-refractivity contribution in [1.82, 2.24) is 0 Å². The van der Waals surface area contributed by atoms with E-state index in [0.29, 0.717) is 5.56 Å². The molecule has 2 aromatic rings. The maximum absolute atomic E-state index is 12.6. The number of Topliss-reactive ketones (excluding diaryl/α,β-unsaturated/α-hetero) is 1. The molecule has 0 aromatic heterocycles. The van der Waals surface area contributed by atoms with Gasteiger partial charge >= 0.3 is 0 Å². The Morgan fingerprint density at radius 3 is 1.90 bits per heavy atom. The van der Waals surface area contributed by atoms with Gasteiger partial charge in [0.15, 0.2) is 9.58 Å². The third kappa shape index (κ3) is 4.24. The number of hydrogen-bond acceptors (Lipinski definition) is 1. The Morgan fingerprint density at radius 2 is 1.40 bits per heavy atom. The summed E-state index contributed by atoms with van der Waals surface area (Å²) in [6.45, 7) is 0. The molecule has 4 heteroatoms. The van der Waals surface area contributed by atoms with Gasteiger partial charge in [-0.3, -0.25) is 4.79 Å². The molecule has 20 heavy (non-hydrogen) atoms. The Hall–Kier alpha value is -1.02. The van der Waals surface area contributed by atoms with Crippen molar-refractivity contribution in [2.24, 2.45) is 0 Å². The fourth-order valence-corrected chi connectivity index (χ4v) is 2.55. The standard InChI is InChI=1S/C16H13Cl3O/c17-16(18,19)11-14(12-7-3-1-4-8-12)15(20)13-9-5-2-6-10-13/h1-10,14H,11H2. The summed E-state index contributed by atoms with van der Waals surface area (Å²) in [6, 6.07) is 18.5. The van der Waals surface area contributed by atoms with Gasteiger partial charge in [-0.1, -0.05) is 95.5 Å². The number of benzene rings is 2. The van der Waals surface area contributed by atoms with Crippen molar-refractivity contribution in [3.8, 4) is 0 Å². The average Bonchev–Trinajstić information content (AvgIpc) is 2.45. The Kier molecular flexibility index (Phi) is 5.09. The summed E-state index contributed by atoms with van der Waals surface area (Å²) in [6.07, 6.45) is 0.148. The van der Waals surface area contributed by atoms with Gasteiger partial charge in [0, 0.05) is 12.0 Å². The van der Waals surface area contributed by atoms with E-state index in [1.165, 1.54) is 0 Å². The highest BCUT2D eigenvalue weighted by molar-refractivity contribution is 6.67. The number of ketones is 1. The monoisotopic (exact) mass is 326 g/mol. The van der Waals surface area contributed by atoms with Crippen LogP contribution in [-0.2, 0) is 0 Å². The van der Waals surface area contributed by atoms with Crippen molar-refractivity contribution in [3.63, 3.8) is 0 Å². The fourth-order valence-electron chi connectivity index (χ4n) is 2.08. The highest BCUT2D eigenvalue weighted by Crippen LogP contribution is 2.38. The van der Waals surface area contributed by atoms with Crippen LogP contribution in [-0.4, -0.2) is 9.58 Å². The lowest BCUT2D eigenvalue weighted by Gasteiger charge is -2.20. The van der Waals surface area contributed by atoms with Crippen molar-refractivity contribution in [2.45, 2.75) is 16.1 Å². The van der Waals surface area contributed by atoms with E-state index in [1.54, 1.807) is 12.1 Å². The molecule has 0 fully saturated rings. The molecule has 0 aliphatic carbocycles. The second-order valence-corrected chi connectivity index (χ2v) is 7.03. The SMILES string of the molecule is O=C(c1ccccc1)C(CC(Cl)(Cl)Cl)c1ccccc1. The predicted octanol–water partition coefficient (Wildman–Crippen LogP) is 5.41. The van der Waals surface area contributed by atoms with Gasteiger partial charge < -0.3 is 0 Å². The first-order valence-corrected chi connectivity index (χ1v) is 7.32. The molecule has 0 amide bonds. The fraction of sp³-hybridized carbons (Fsp3) is 0.188. The van der Waals surface area contributed by atoms with Crippen molar-refractivity contribution < 1.29 is 4.79 Å². The summed E-state index contributed by atoms with van der Waals surface area (Å²) < 4.78 is -1.47. The highest BCUT2D eigenvalue weighted by atomic mass is 35.6. The summed E-state index contributed by atoms with van der Waals surface area (Å²) >= 11 is 17.7. The number of hydrogen-bond donors (Lipinski definition) is 0. The first-order chi connectivity index (χ1) is 9.47. The molecular formula is C16H13Cl3O. The molecule has 0 saturated carbocycles. The lowest BCUT2D eigenvalue weighted by molar-refractivity contribution is 0.0955. The van der Waals surface area contributed by atoms with E-state index in [1.807, 2.05) is 48.5 Å². The molecule has 104 valence electrons. The predicted molar refractivity (Wildman–Crippen MR) is 84.9 cm³/mol. The average molecular weight is 328 g/mol. The molecule has 0 spiro atoms. The Morgan fingerprint density at radius 1 is 0.900 bits per heavy atom. The highest BCUT2D eigenvalue weighted by Gasteiger charge is 2.31. The van der Waals surface area contributed by atoms with E-state index < -0.39 is 9.71 Å². The number of carbonyl (C=O) groups excluding carboxylic acids is 1. The maximum Gasteiger partial charge on any atom is 0.191 e. The summed E-state index contributed by atoms with van der Waals surface area (Å²) in [5.74, 6) is -0.505. The maximum atomic E-state index is 12.6. The third-order valence-corrected chi connectivity index (χ3v) is 3.48. The van der Waals surface area contributed by atoms with Crippen molar-refractivity contribution in [3.05, 3.63) is 71.8 Å². The minimum atomic E-state index is -1.47. The van der Waals surface area contributed by atoms with E-state index >= 15 is 0 Å². The molecule has 0 aliphatic rings. The van der Waals surface area contributed by atoms with Crippen LogP contribution in [0, 0.1) is 0 Å². The smallest absolute Gasteiger partial charge is 0.191 e. The van der Waals surface area contributed by atoms with Crippen LogP contribution in [0.3, 0.4) is 0 Å². The van der Waals surface area contributed by atoms with Gasteiger partial charge in [-0.25, -0.2) is 0 Å². The summed E-state index contributed by atoms with van der Waals surface area (Å²) in [5.41, 5.74) is 1.48. The number of rotatable bonds is 4. The molecule has 0 N–H and O–H groups in total. The van der Waals surface area contributed by atoms with Gasteiger partial charge in [-0.05, 0) is 5.56 Å². The number of alkyl halides is 3.